The lowest BCUT2D eigenvalue weighted by Crippen LogP contribution is -2.48. The third-order valence-corrected chi connectivity index (χ3v) is 3.41. The highest BCUT2D eigenvalue weighted by molar-refractivity contribution is 6.30. The first-order valence-electron chi connectivity index (χ1n) is 6.49. The van der Waals surface area contributed by atoms with Crippen molar-refractivity contribution >= 4 is 17.6 Å². The molecule has 7 heteroatoms. The Balaban J connectivity index is 2.05. The summed E-state index contributed by atoms with van der Waals surface area (Å²) in [6, 6.07) is 5.94. The van der Waals surface area contributed by atoms with E-state index in [1.54, 1.807) is 6.40 Å². The largest absolute Gasteiger partial charge is 0.459 e. The maximum absolute atomic E-state index is 11.8. The topological polar surface area (TPSA) is 96.2 Å². The van der Waals surface area contributed by atoms with Gasteiger partial charge in [-0.15, -0.1) is 6.40 Å². The van der Waals surface area contributed by atoms with Gasteiger partial charge >= 0.3 is 5.97 Å². The lowest BCUT2D eigenvalue weighted by atomic mass is 9.94. The standard InChI is InChI=1S/C14H13ClO6/c1-2-14(19)10(21-13(18)11(14)16)7-20-12(17)8-3-5-9(15)6-4-8/h1,3-6,10-11,13,16,18-19H,7H2/t10-,11+,13?,14-/m1/s1/i1D. The number of hydrogen-bond donors (Lipinski definition) is 3. The van der Waals surface area contributed by atoms with Gasteiger partial charge in [0, 0.05) is 5.02 Å². The van der Waals surface area contributed by atoms with Crippen LogP contribution in [0, 0.1) is 12.3 Å². The van der Waals surface area contributed by atoms with Gasteiger partial charge < -0.3 is 24.8 Å². The molecule has 0 spiro atoms. The number of aliphatic hydroxyl groups is 3. The second kappa shape index (κ2) is 6.02. The van der Waals surface area contributed by atoms with Crippen molar-refractivity contribution < 1.29 is 31.0 Å². The molecule has 1 aliphatic rings. The van der Waals surface area contributed by atoms with Gasteiger partial charge in [-0.05, 0) is 24.3 Å². The molecular weight excluding hydrogens is 300 g/mol. The van der Waals surface area contributed by atoms with Gasteiger partial charge in [-0.1, -0.05) is 17.5 Å². The van der Waals surface area contributed by atoms with Crippen LogP contribution in [0.25, 0.3) is 0 Å². The Hall–Kier alpha value is -1.62. The van der Waals surface area contributed by atoms with Crippen LogP contribution in [0.4, 0.5) is 0 Å². The third-order valence-electron chi connectivity index (χ3n) is 3.16. The number of terminal acetylenes is 1. The molecule has 4 atom stereocenters. The van der Waals surface area contributed by atoms with Crippen LogP contribution in [-0.2, 0) is 9.47 Å². The zero-order valence-corrected chi connectivity index (χ0v) is 11.4. The molecular formula is C14H13ClO6. The maximum Gasteiger partial charge on any atom is 0.338 e. The summed E-state index contributed by atoms with van der Waals surface area (Å²) in [6.45, 7) is -0.458. The fourth-order valence-electron chi connectivity index (χ4n) is 1.90. The smallest absolute Gasteiger partial charge is 0.338 e. The van der Waals surface area contributed by atoms with E-state index in [4.69, 9.17) is 22.4 Å². The molecule has 0 saturated carbocycles. The molecule has 1 saturated heterocycles. The van der Waals surface area contributed by atoms with Crippen molar-refractivity contribution in [3.8, 4) is 12.3 Å². The van der Waals surface area contributed by atoms with Crippen molar-refractivity contribution in [3.05, 3.63) is 34.9 Å². The second-order valence-electron chi connectivity index (χ2n) is 4.52. The van der Waals surface area contributed by atoms with E-state index in [0.29, 0.717) is 5.02 Å². The number of benzene rings is 1. The minimum atomic E-state index is -2.19. The van der Waals surface area contributed by atoms with Crippen LogP contribution in [0.3, 0.4) is 0 Å². The molecule has 0 bridgehead atoms. The monoisotopic (exact) mass is 313 g/mol. The number of halogens is 1. The van der Waals surface area contributed by atoms with Gasteiger partial charge in [-0.3, -0.25) is 0 Å². The number of hydrogen-bond acceptors (Lipinski definition) is 6. The van der Waals surface area contributed by atoms with Gasteiger partial charge in [-0.2, -0.15) is 0 Å². The summed E-state index contributed by atoms with van der Waals surface area (Å²) < 4.78 is 16.7. The van der Waals surface area contributed by atoms with Crippen molar-refractivity contribution in [2.24, 2.45) is 0 Å². The van der Waals surface area contributed by atoms with Gasteiger partial charge in [0.1, 0.15) is 20.2 Å². The number of carbonyl (C=O) groups excluding carboxylic acids is 1. The summed E-state index contributed by atoms with van der Waals surface area (Å²) in [4.78, 5) is 11.8. The van der Waals surface area contributed by atoms with Gasteiger partial charge in [0.2, 0.25) is 0 Å². The molecule has 1 aromatic rings. The van der Waals surface area contributed by atoms with E-state index in [1.807, 2.05) is 0 Å². The average Bonchev–Trinajstić information content (AvgIpc) is 2.70. The van der Waals surface area contributed by atoms with E-state index in [0.717, 1.165) is 0 Å². The Bertz CT molecular complexity index is 610. The number of carbonyl (C=O) groups is 1. The lowest BCUT2D eigenvalue weighted by Gasteiger charge is -2.24. The SMILES string of the molecule is [2H]C#C[C@@]1(O)[C@@H](COC(=O)c2ccc(Cl)cc2)OC(O)[C@@H]1O. The predicted octanol–water partition coefficient (Wildman–Crippen LogP) is -0.0608. The van der Waals surface area contributed by atoms with E-state index in [1.165, 1.54) is 24.3 Å². The number of aliphatic hydroxyl groups excluding tert-OH is 2. The van der Waals surface area contributed by atoms with Crippen LogP contribution >= 0.6 is 11.6 Å². The highest BCUT2D eigenvalue weighted by Crippen LogP contribution is 2.30. The molecule has 1 heterocycles. The first-order chi connectivity index (χ1) is 10.4. The Labute approximate surface area is 127 Å². The van der Waals surface area contributed by atoms with Gasteiger partial charge in [0.05, 0.1) is 5.56 Å². The van der Waals surface area contributed by atoms with Crippen molar-refractivity contribution in [3.63, 3.8) is 0 Å². The molecule has 6 nitrogen and oxygen atoms in total. The second-order valence-corrected chi connectivity index (χ2v) is 4.95. The first-order valence-corrected chi connectivity index (χ1v) is 6.37. The Morgan fingerprint density at radius 2 is 2.19 bits per heavy atom. The number of rotatable bonds is 3. The summed E-state index contributed by atoms with van der Waals surface area (Å²) in [5, 5.41) is 29.7. The number of ether oxygens (including phenoxy) is 2. The van der Waals surface area contributed by atoms with Crippen molar-refractivity contribution in [2.75, 3.05) is 6.61 Å². The third kappa shape index (κ3) is 3.02. The Morgan fingerprint density at radius 3 is 2.81 bits per heavy atom. The molecule has 1 aliphatic heterocycles. The van der Waals surface area contributed by atoms with Crippen LogP contribution in [0.1, 0.15) is 11.7 Å². The summed E-state index contributed by atoms with van der Waals surface area (Å²) in [5.41, 5.74) is -1.96. The van der Waals surface area contributed by atoms with Crippen LogP contribution in [0.5, 0.6) is 0 Å². The van der Waals surface area contributed by atoms with Gasteiger partial charge in [-0.25, -0.2) is 4.79 Å². The minimum Gasteiger partial charge on any atom is -0.459 e. The maximum atomic E-state index is 11.8. The lowest BCUT2D eigenvalue weighted by molar-refractivity contribution is -0.133. The molecule has 112 valence electrons. The fraction of sp³-hybridized carbons (Fsp3) is 0.357. The Kier molecular flexibility index (Phi) is 4.10. The van der Waals surface area contributed by atoms with E-state index in [2.05, 4.69) is 5.92 Å². The summed E-state index contributed by atoms with van der Waals surface area (Å²) in [5.74, 6) is 1.35. The van der Waals surface area contributed by atoms with E-state index in [9.17, 15) is 20.1 Å². The van der Waals surface area contributed by atoms with E-state index >= 15 is 0 Å². The van der Waals surface area contributed by atoms with Crippen molar-refractivity contribution in [2.45, 2.75) is 24.1 Å². The molecule has 0 radical (unpaired) electrons. The summed E-state index contributed by atoms with van der Waals surface area (Å²) >= 11 is 5.71. The van der Waals surface area contributed by atoms with E-state index in [-0.39, 0.29) is 5.56 Å². The highest BCUT2D eigenvalue weighted by atomic mass is 35.5. The molecule has 0 aliphatic carbocycles. The summed E-state index contributed by atoms with van der Waals surface area (Å²) in [6.07, 6.45) is -3.01. The highest BCUT2D eigenvalue weighted by Gasteiger charge is 2.54. The Morgan fingerprint density at radius 1 is 1.52 bits per heavy atom. The molecule has 1 aromatic carbocycles. The molecule has 1 unspecified atom stereocenters. The van der Waals surface area contributed by atoms with Gasteiger partial charge in [0.25, 0.3) is 0 Å². The van der Waals surface area contributed by atoms with Gasteiger partial charge in [0.15, 0.2) is 11.9 Å². The molecule has 21 heavy (non-hydrogen) atoms. The van der Waals surface area contributed by atoms with Crippen LogP contribution in [0.2, 0.25) is 5.02 Å². The normalized spacial score (nSPS) is 32.0. The quantitative estimate of drug-likeness (QED) is 0.534. The van der Waals surface area contributed by atoms with E-state index < -0.39 is 36.7 Å². The number of esters is 1. The fourth-order valence-corrected chi connectivity index (χ4v) is 2.02. The molecule has 3 N–H and O–H groups in total. The molecule has 2 rings (SSSR count). The van der Waals surface area contributed by atoms with Crippen LogP contribution < -0.4 is 0 Å². The van der Waals surface area contributed by atoms with Crippen molar-refractivity contribution in [1.82, 2.24) is 0 Å². The average molecular weight is 314 g/mol. The minimum absolute atomic E-state index is 0.235. The molecule has 0 aromatic heterocycles. The molecule has 1 fully saturated rings. The molecule has 0 amide bonds. The van der Waals surface area contributed by atoms with Crippen molar-refractivity contribution in [1.29, 1.82) is 0 Å². The van der Waals surface area contributed by atoms with Crippen LogP contribution in [-0.4, -0.2) is 52.0 Å². The predicted molar refractivity (Wildman–Crippen MR) is 72.4 cm³/mol. The first kappa shape index (κ1) is 14.3. The van der Waals surface area contributed by atoms with Crippen LogP contribution in [0.15, 0.2) is 24.3 Å². The zero-order chi connectivity index (χ0) is 16.3. The zero-order valence-electron chi connectivity index (χ0n) is 11.7. The summed E-state index contributed by atoms with van der Waals surface area (Å²) in [7, 11) is 0.